The number of hydrogen-bond acceptors (Lipinski definition) is 1. The van der Waals surface area contributed by atoms with Gasteiger partial charge in [-0.1, -0.05) is 0 Å². The van der Waals surface area contributed by atoms with Crippen molar-refractivity contribution in [1.82, 2.24) is 9.47 Å². The molecule has 94 valence electrons. The first-order valence-electron chi connectivity index (χ1n) is 6.57. The predicted octanol–water partition coefficient (Wildman–Crippen LogP) is 2.92. The Morgan fingerprint density at radius 3 is 2.41 bits per heavy atom. The zero-order valence-electron chi connectivity index (χ0n) is 11.3. The van der Waals surface area contributed by atoms with Crippen LogP contribution in [0.15, 0.2) is 6.07 Å². The first-order valence-corrected chi connectivity index (χ1v) is 6.57. The van der Waals surface area contributed by atoms with Gasteiger partial charge in [0.05, 0.1) is 5.56 Å². The van der Waals surface area contributed by atoms with Crippen molar-refractivity contribution in [1.29, 1.82) is 0 Å². The quantitative estimate of drug-likeness (QED) is 0.786. The number of carbonyl (C=O) groups is 1. The minimum atomic E-state index is 0.176. The Bertz CT molecular complexity index is 426. The van der Waals surface area contributed by atoms with Gasteiger partial charge in [-0.2, -0.15) is 0 Å². The third-order valence-electron chi connectivity index (χ3n) is 3.68. The zero-order chi connectivity index (χ0) is 12.6. The molecule has 3 nitrogen and oxygen atoms in total. The summed E-state index contributed by atoms with van der Waals surface area (Å²) in [4.78, 5) is 14.2. The summed E-state index contributed by atoms with van der Waals surface area (Å²) in [6.07, 6.45) is 2.52. The van der Waals surface area contributed by atoms with E-state index >= 15 is 0 Å². The van der Waals surface area contributed by atoms with Crippen molar-refractivity contribution < 1.29 is 4.79 Å². The SMILES string of the molecule is CCN(CC)C(=O)c1cc(C)n(C2CC2)c1C. The van der Waals surface area contributed by atoms with Crippen molar-refractivity contribution in [3.8, 4) is 0 Å². The van der Waals surface area contributed by atoms with Gasteiger partial charge in [-0.15, -0.1) is 0 Å². The van der Waals surface area contributed by atoms with E-state index < -0.39 is 0 Å². The van der Waals surface area contributed by atoms with Crippen LogP contribution in [0.3, 0.4) is 0 Å². The highest BCUT2D eigenvalue weighted by atomic mass is 16.2. The number of aromatic nitrogens is 1. The van der Waals surface area contributed by atoms with Crippen molar-refractivity contribution in [3.05, 3.63) is 23.0 Å². The minimum Gasteiger partial charge on any atom is -0.345 e. The Morgan fingerprint density at radius 1 is 1.35 bits per heavy atom. The van der Waals surface area contributed by atoms with E-state index in [0.717, 1.165) is 24.3 Å². The van der Waals surface area contributed by atoms with Crippen LogP contribution in [0.4, 0.5) is 0 Å². The standard InChI is InChI=1S/C14H22N2O/c1-5-15(6-2)14(17)13-9-10(3)16(11(13)4)12-7-8-12/h9,12H,5-8H2,1-4H3. The van der Waals surface area contributed by atoms with Crippen LogP contribution < -0.4 is 0 Å². The molecule has 0 atom stereocenters. The van der Waals surface area contributed by atoms with Crippen LogP contribution in [-0.2, 0) is 0 Å². The third-order valence-corrected chi connectivity index (χ3v) is 3.68. The molecule has 0 bridgehead atoms. The number of rotatable bonds is 4. The van der Waals surface area contributed by atoms with Crippen molar-refractivity contribution in [3.63, 3.8) is 0 Å². The lowest BCUT2D eigenvalue weighted by Crippen LogP contribution is -2.30. The van der Waals surface area contributed by atoms with Gasteiger partial charge in [-0.3, -0.25) is 4.79 Å². The first kappa shape index (κ1) is 12.2. The van der Waals surface area contributed by atoms with Gasteiger partial charge in [-0.05, 0) is 46.6 Å². The fourth-order valence-electron chi connectivity index (χ4n) is 2.57. The number of amides is 1. The minimum absolute atomic E-state index is 0.176. The summed E-state index contributed by atoms with van der Waals surface area (Å²) < 4.78 is 2.33. The molecule has 1 heterocycles. The molecule has 0 saturated heterocycles. The molecule has 1 aromatic rings. The highest BCUT2D eigenvalue weighted by molar-refractivity contribution is 5.95. The van der Waals surface area contributed by atoms with Gasteiger partial charge in [-0.25, -0.2) is 0 Å². The Hall–Kier alpha value is -1.25. The topological polar surface area (TPSA) is 25.2 Å². The molecule has 1 amide bonds. The third kappa shape index (κ3) is 2.11. The van der Waals surface area contributed by atoms with Gasteiger partial charge in [0.2, 0.25) is 0 Å². The first-order chi connectivity index (χ1) is 8.10. The van der Waals surface area contributed by atoms with Crippen LogP contribution in [0.2, 0.25) is 0 Å². The Kier molecular flexibility index (Phi) is 3.27. The molecular formula is C14H22N2O. The van der Waals surface area contributed by atoms with Crippen molar-refractivity contribution in [2.24, 2.45) is 0 Å². The van der Waals surface area contributed by atoms with Gasteiger partial charge in [0.1, 0.15) is 0 Å². The van der Waals surface area contributed by atoms with Crippen molar-refractivity contribution in [2.75, 3.05) is 13.1 Å². The monoisotopic (exact) mass is 234 g/mol. The number of carbonyl (C=O) groups excluding carboxylic acids is 1. The molecule has 0 radical (unpaired) electrons. The van der Waals surface area contributed by atoms with E-state index in [1.54, 1.807) is 0 Å². The lowest BCUT2D eigenvalue weighted by Gasteiger charge is -2.18. The van der Waals surface area contributed by atoms with Crippen molar-refractivity contribution in [2.45, 2.75) is 46.6 Å². The molecule has 3 heteroatoms. The second kappa shape index (κ2) is 4.55. The summed E-state index contributed by atoms with van der Waals surface area (Å²) in [5.74, 6) is 0.176. The van der Waals surface area contributed by atoms with E-state index in [9.17, 15) is 4.79 Å². The molecule has 0 aliphatic heterocycles. The molecule has 17 heavy (non-hydrogen) atoms. The molecule has 2 rings (SSSR count). The van der Waals surface area contributed by atoms with E-state index in [1.165, 1.54) is 18.5 Å². The number of hydrogen-bond donors (Lipinski definition) is 0. The fraction of sp³-hybridized carbons (Fsp3) is 0.643. The van der Waals surface area contributed by atoms with Crippen LogP contribution in [-0.4, -0.2) is 28.5 Å². The summed E-state index contributed by atoms with van der Waals surface area (Å²) in [5, 5.41) is 0. The van der Waals surface area contributed by atoms with E-state index in [2.05, 4.69) is 18.4 Å². The van der Waals surface area contributed by atoms with Crippen LogP contribution in [0.5, 0.6) is 0 Å². The van der Waals surface area contributed by atoms with Crippen molar-refractivity contribution >= 4 is 5.91 Å². The smallest absolute Gasteiger partial charge is 0.255 e. The van der Waals surface area contributed by atoms with Crippen LogP contribution >= 0.6 is 0 Å². The second-order valence-corrected chi connectivity index (χ2v) is 4.86. The van der Waals surface area contributed by atoms with Gasteiger partial charge >= 0.3 is 0 Å². The summed E-state index contributed by atoms with van der Waals surface area (Å²) in [6, 6.07) is 2.70. The van der Waals surface area contributed by atoms with E-state index in [4.69, 9.17) is 0 Å². The molecule has 1 aromatic heterocycles. The highest BCUT2D eigenvalue weighted by Gasteiger charge is 2.29. The van der Waals surface area contributed by atoms with Crippen LogP contribution in [0.1, 0.15) is 54.5 Å². The van der Waals surface area contributed by atoms with E-state index in [0.29, 0.717) is 6.04 Å². The zero-order valence-corrected chi connectivity index (χ0v) is 11.3. The Morgan fingerprint density at radius 2 is 1.94 bits per heavy atom. The maximum absolute atomic E-state index is 12.3. The lowest BCUT2D eigenvalue weighted by molar-refractivity contribution is 0.0772. The van der Waals surface area contributed by atoms with E-state index in [-0.39, 0.29) is 5.91 Å². The largest absolute Gasteiger partial charge is 0.345 e. The van der Waals surface area contributed by atoms with Gasteiger partial charge in [0, 0.05) is 30.5 Å². The van der Waals surface area contributed by atoms with Crippen LogP contribution in [0, 0.1) is 13.8 Å². The molecule has 1 aliphatic carbocycles. The molecule has 1 fully saturated rings. The maximum Gasteiger partial charge on any atom is 0.255 e. The average Bonchev–Trinajstić information content (AvgIpc) is 3.07. The van der Waals surface area contributed by atoms with Gasteiger partial charge in [0.15, 0.2) is 0 Å². The van der Waals surface area contributed by atoms with E-state index in [1.807, 2.05) is 24.8 Å². The summed E-state index contributed by atoms with van der Waals surface area (Å²) >= 11 is 0. The second-order valence-electron chi connectivity index (χ2n) is 4.86. The van der Waals surface area contributed by atoms with Crippen LogP contribution in [0.25, 0.3) is 0 Å². The molecule has 0 unspecified atom stereocenters. The fourth-order valence-corrected chi connectivity index (χ4v) is 2.57. The molecule has 1 saturated carbocycles. The number of aryl methyl sites for hydroxylation is 1. The molecular weight excluding hydrogens is 212 g/mol. The molecule has 0 spiro atoms. The lowest BCUT2D eigenvalue weighted by atomic mass is 10.2. The summed E-state index contributed by atoms with van der Waals surface area (Å²) in [5.41, 5.74) is 3.25. The van der Waals surface area contributed by atoms with Gasteiger partial charge in [0.25, 0.3) is 5.91 Å². The predicted molar refractivity (Wildman–Crippen MR) is 69.4 cm³/mol. The maximum atomic E-state index is 12.3. The summed E-state index contributed by atoms with van der Waals surface area (Å²) in [6.45, 7) is 9.79. The normalized spacial score (nSPS) is 15.1. The molecule has 1 aliphatic rings. The number of nitrogens with zero attached hydrogens (tertiary/aromatic N) is 2. The Balaban J connectivity index is 2.32. The molecule has 0 aromatic carbocycles. The van der Waals surface area contributed by atoms with Gasteiger partial charge < -0.3 is 9.47 Å². The molecule has 0 N–H and O–H groups in total. The Labute approximate surface area is 103 Å². The summed E-state index contributed by atoms with van der Waals surface area (Å²) in [7, 11) is 0. The average molecular weight is 234 g/mol. The highest BCUT2D eigenvalue weighted by Crippen LogP contribution is 2.38.